The summed E-state index contributed by atoms with van der Waals surface area (Å²) in [7, 11) is -3.66. The molecule has 0 aromatic rings. The number of primary amides is 1. The molecule has 6 amide bonds. The fourth-order valence-corrected chi connectivity index (χ4v) is 3.26. The molecule has 0 aromatic carbocycles. The zero-order valence-corrected chi connectivity index (χ0v) is 19.4. The lowest BCUT2D eigenvalue weighted by Crippen LogP contribution is -2.67. The molecule has 198 valence electrons. The number of carbonyl (C=O) groups excluding carboxylic acids is 6. The Hall–Kier alpha value is -3.55. The van der Waals surface area contributed by atoms with Gasteiger partial charge in [0.05, 0.1) is 19.7 Å². The SMILES string of the molecule is C[C@@H](NC(=O)[C@H](COC(N)=O)N(C)C(=O)CNC(=O)[C@H](O)CO)C(=O)N[C@H]1CN(S(=O)(=O)O)C1=O. The number of β-lactam (4-membered cyclic amide) rings is 1. The Morgan fingerprint density at radius 2 is 1.83 bits per heavy atom. The average molecular weight is 526 g/mol. The summed E-state index contributed by atoms with van der Waals surface area (Å²) in [5, 5.41) is 24.3. The summed E-state index contributed by atoms with van der Waals surface area (Å²) in [6.45, 7) is -1.67. The Kier molecular flexibility index (Phi) is 10.3. The smallest absolute Gasteiger partial charge is 0.404 e. The summed E-state index contributed by atoms with van der Waals surface area (Å²) in [5.74, 6) is -4.97. The van der Waals surface area contributed by atoms with E-state index in [1.54, 1.807) is 0 Å². The highest BCUT2D eigenvalue weighted by Gasteiger charge is 2.45. The lowest BCUT2D eigenvalue weighted by Gasteiger charge is -2.36. The number of hydrogen-bond acceptors (Lipinski definition) is 11. The Morgan fingerprint density at radius 3 is 2.31 bits per heavy atom. The number of likely N-dealkylation sites (N-methyl/N-ethyl adjacent to an activating group) is 1. The number of nitrogens with two attached hydrogens (primary N) is 1. The minimum absolute atomic E-state index is 0.122. The van der Waals surface area contributed by atoms with Gasteiger partial charge in [-0.2, -0.15) is 8.42 Å². The maximum atomic E-state index is 12.7. The van der Waals surface area contributed by atoms with Crippen molar-refractivity contribution in [3.63, 3.8) is 0 Å². The van der Waals surface area contributed by atoms with Gasteiger partial charge in [0.2, 0.25) is 17.7 Å². The molecule has 0 aromatic heterocycles. The van der Waals surface area contributed by atoms with Gasteiger partial charge < -0.3 is 41.5 Å². The van der Waals surface area contributed by atoms with E-state index in [0.29, 0.717) is 0 Å². The van der Waals surface area contributed by atoms with Crippen molar-refractivity contribution in [2.45, 2.75) is 31.2 Å². The molecule has 1 saturated heterocycles. The van der Waals surface area contributed by atoms with Crippen LogP contribution in [0.15, 0.2) is 0 Å². The molecule has 0 bridgehead atoms. The van der Waals surface area contributed by atoms with Crippen LogP contribution in [-0.2, 0) is 39.0 Å². The van der Waals surface area contributed by atoms with Gasteiger partial charge >= 0.3 is 16.4 Å². The summed E-state index contributed by atoms with van der Waals surface area (Å²) >= 11 is 0. The first-order chi connectivity index (χ1) is 16.1. The standard InChI is InChI=1S/C16H26N6O12S/c1-7(12(26)20-8-4-22(15(8)29)35(31,32)33)19-13(27)9(6-34-16(17)30)21(2)11(25)3-18-14(28)10(24)5-23/h7-10,23-24H,3-6H2,1-2H3,(H2,17,30)(H,18,28)(H,19,27)(H,20,26)(H,31,32,33)/t7-,8+,9+,10-/m1/s1. The maximum Gasteiger partial charge on any atom is 0.404 e. The van der Waals surface area contributed by atoms with Crippen LogP contribution in [0.2, 0.25) is 0 Å². The monoisotopic (exact) mass is 526 g/mol. The first-order valence-electron chi connectivity index (χ1n) is 9.74. The van der Waals surface area contributed by atoms with E-state index in [2.05, 4.69) is 15.4 Å². The third-order valence-electron chi connectivity index (χ3n) is 4.68. The van der Waals surface area contributed by atoms with Gasteiger partial charge in [-0.05, 0) is 6.92 Å². The van der Waals surface area contributed by atoms with E-state index >= 15 is 0 Å². The quantitative estimate of drug-likeness (QED) is 0.0924. The maximum absolute atomic E-state index is 12.7. The highest BCUT2D eigenvalue weighted by atomic mass is 32.2. The number of carbonyl (C=O) groups is 6. The molecule has 1 aliphatic rings. The van der Waals surface area contributed by atoms with Crippen LogP contribution in [0.4, 0.5) is 4.79 Å². The number of nitrogens with zero attached hydrogens (tertiary/aromatic N) is 2. The minimum Gasteiger partial charge on any atom is -0.447 e. The van der Waals surface area contributed by atoms with Gasteiger partial charge in [-0.25, -0.2) is 9.10 Å². The topological polar surface area (TPSA) is 275 Å². The zero-order chi connectivity index (χ0) is 27.1. The summed E-state index contributed by atoms with van der Waals surface area (Å²) in [6, 6.07) is -4.13. The van der Waals surface area contributed by atoms with Crippen molar-refractivity contribution >= 4 is 45.9 Å². The molecule has 1 rings (SSSR count). The molecule has 0 aliphatic carbocycles. The van der Waals surface area contributed by atoms with E-state index in [4.69, 9.17) is 15.4 Å². The predicted octanol–water partition coefficient (Wildman–Crippen LogP) is -5.99. The van der Waals surface area contributed by atoms with E-state index in [1.165, 1.54) is 6.92 Å². The normalized spacial score (nSPS) is 17.8. The number of hydrogen-bond donors (Lipinski definition) is 7. The summed E-state index contributed by atoms with van der Waals surface area (Å²) in [6.07, 6.45) is -3.06. The third-order valence-corrected chi connectivity index (χ3v) is 5.56. The van der Waals surface area contributed by atoms with E-state index in [1.807, 2.05) is 5.32 Å². The Labute approximate surface area is 198 Å². The van der Waals surface area contributed by atoms with Gasteiger partial charge in [-0.1, -0.05) is 0 Å². The molecule has 0 unspecified atom stereocenters. The number of rotatable bonds is 12. The first-order valence-corrected chi connectivity index (χ1v) is 11.1. The zero-order valence-electron chi connectivity index (χ0n) is 18.5. The molecule has 19 heteroatoms. The van der Waals surface area contributed by atoms with Crippen molar-refractivity contribution in [2.75, 3.05) is 33.4 Å². The highest BCUT2D eigenvalue weighted by molar-refractivity contribution is 7.84. The van der Waals surface area contributed by atoms with Crippen molar-refractivity contribution in [1.82, 2.24) is 25.2 Å². The molecule has 4 atom stereocenters. The van der Waals surface area contributed by atoms with Gasteiger partial charge in [0.15, 0.2) is 6.10 Å². The van der Waals surface area contributed by atoms with Crippen LogP contribution in [0.25, 0.3) is 0 Å². The number of ether oxygens (including phenoxy) is 1. The molecular weight excluding hydrogens is 500 g/mol. The van der Waals surface area contributed by atoms with Crippen molar-refractivity contribution < 1.29 is 56.7 Å². The van der Waals surface area contributed by atoms with E-state index < -0.39 is 96.5 Å². The molecule has 18 nitrogen and oxygen atoms in total. The fourth-order valence-electron chi connectivity index (χ4n) is 2.57. The minimum atomic E-state index is -4.76. The second kappa shape index (κ2) is 12.2. The molecule has 8 N–H and O–H groups in total. The second-order valence-corrected chi connectivity index (χ2v) is 8.54. The van der Waals surface area contributed by atoms with E-state index in [9.17, 15) is 42.3 Å². The van der Waals surface area contributed by atoms with Crippen LogP contribution in [0, 0.1) is 0 Å². The lowest BCUT2D eigenvalue weighted by molar-refractivity contribution is -0.143. The molecule has 0 spiro atoms. The van der Waals surface area contributed by atoms with Crippen LogP contribution < -0.4 is 21.7 Å². The predicted molar refractivity (Wildman–Crippen MR) is 111 cm³/mol. The van der Waals surface area contributed by atoms with Crippen LogP contribution in [-0.4, -0.2) is 126 Å². The fraction of sp³-hybridized carbons (Fsp3) is 0.625. The molecule has 1 heterocycles. The van der Waals surface area contributed by atoms with Crippen molar-refractivity contribution in [3.05, 3.63) is 0 Å². The number of aliphatic hydroxyl groups is 2. The third kappa shape index (κ3) is 8.31. The first kappa shape index (κ1) is 29.5. The number of nitrogens with one attached hydrogen (secondary N) is 3. The highest BCUT2D eigenvalue weighted by Crippen LogP contribution is 2.14. The van der Waals surface area contributed by atoms with Gasteiger partial charge in [-0.3, -0.25) is 28.5 Å². The van der Waals surface area contributed by atoms with E-state index in [-0.39, 0.29) is 4.31 Å². The van der Waals surface area contributed by atoms with Crippen molar-refractivity contribution in [3.8, 4) is 0 Å². The lowest BCUT2D eigenvalue weighted by atomic mass is 10.1. The van der Waals surface area contributed by atoms with Crippen molar-refractivity contribution in [1.29, 1.82) is 0 Å². The van der Waals surface area contributed by atoms with Gasteiger partial charge in [0.25, 0.3) is 11.8 Å². The summed E-state index contributed by atoms with van der Waals surface area (Å²) in [4.78, 5) is 72.2. The summed E-state index contributed by atoms with van der Waals surface area (Å²) < 4.78 is 35.4. The van der Waals surface area contributed by atoms with Crippen LogP contribution >= 0.6 is 0 Å². The molecule has 35 heavy (non-hydrogen) atoms. The second-order valence-electron chi connectivity index (χ2n) is 7.21. The largest absolute Gasteiger partial charge is 0.447 e. The average Bonchev–Trinajstić information content (AvgIpc) is 2.77. The number of amides is 6. The van der Waals surface area contributed by atoms with Crippen LogP contribution in [0.5, 0.6) is 0 Å². The van der Waals surface area contributed by atoms with Gasteiger partial charge in [0.1, 0.15) is 24.7 Å². The number of aliphatic hydroxyl groups excluding tert-OH is 2. The summed E-state index contributed by atoms with van der Waals surface area (Å²) in [5.41, 5.74) is 4.88. The Bertz CT molecular complexity index is 972. The van der Waals surface area contributed by atoms with Gasteiger partial charge in [-0.15, -0.1) is 0 Å². The molecule has 0 saturated carbocycles. The molecule has 0 radical (unpaired) electrons. The Morgan fingerprint density at radius 1 is 1.23 bits per heavy atom. The van der Waals surface area contributed by atoms with E-state index in [0.717, 1.165) is 11.9 Å². The van der Waals surface area contributed by atoms with Crippen LogP contribution in [0.3, 0.4) is 0 Å². The van der Waals surface area contributed by atoms with Crippen molar-refractivity contribution in [2.24, 2.45) is 5.73 Å². The molecule has 1 aliphatic heterocycles. The molecule has 1 fully saturated rings. The Balaban J connectivity index is 2.77. The van der Waals surface area contributed by atoms with Crippen LogP contribution in [0.1, 0.15) is 6.92 Å². The molecular formula is C16H26N6O12S. The van der Waals surface area contributed by atoms with Gasteiger partial charge in [0, 0.05) is 7.05 Å².